The molecule has 1 N–H and O–H groups in total. The Bertz CT molecular complexity index is 541. The maximum atomic E-state index is 12.3. The van der Waals surface area contributed by atoms with Gasteiger partial charge >= 0.3 is 0 Å². The number of hydrogen-bond donors (Lipinski definition) is 1. The van der Waals surface area contributed by atoms with E-state index in [-0.39, 0.29) is 11.9 Å². The standard InChI is InChI=1S/C13H14N2O2/c16-12(11-5-1-2-7-17-11)10-8-15-13-9(10)4-3-6-14-13/h3-4,6,8,11H,1-2,5,7H2,(H,14,15). The van der Waals surface area contributed by atoms with E-state index in [0.29, 0.717) is 12.2 Å². The zero-order valence-electron chi connectivity index (χ0n) is 9.48. The maximum Gasteiger partial charge on any atom is 0.193 e. The summed E-state index contributed by atoms with van der Waals surface area (Å²) < 4.78 is 5.53. The average molecular weight is 230 g/mol. The van der Waals surface area contributed by atoms with Gasteiger partial charge in [-0.3, -0.25) is 4.79 Å². The van der Waals surface area contributed by atoms with Gasteiger partial charge in [-0.25, -0.2) is 4.98 Å². The van der Waals surface area contributed by atoms with Gasteiger partial charge in [0.15, 0.2) is 5.78 Å². The third kappa shape index (κ3) is 1.85. The maximum absolute atomic E-state index is 12.3. The van der Waals surface area contributed by atoms with Gasteiger partial charge < -0.3 is 9.72 Å². The number of fused-ring (bicyclic) bond motifs is 1. The molecule has 4 nitrogen and oxygen atoms in total. The normalized spacial score (nSPS) is 20.6. The van der Waals surface area contributed by atoms with Gasteiger partial charge in [-0.1, -0.05) is 0 Å². The van der Waals surface area contributed by atoms with Crippen molar-refractivity contribution in [2.45, 2.75) is 25.4 Å². The van der Waals surface area contributed by atoms with Crippen LogP contribution < -0.4 is 0 Å². The Balaban J connectivity index is 1.95. The summed E-state index contributed by atoms with van der Waals surface area (Å²) in [6.07, 6.45) is 6.12. The lowest BCUT2D eigenvalue weighted by Gasteiger charge is -2.20. The van der Waals surface area contributed by atoms with Crippen LogP contribution in [0.4, 0.5) is 0 Å². The molecular formula is C13H14N2O2. The summed E-state index contributed by atoms with van der Waals surface area (Å²) in [5.74, 6) is 0.0731. The van der Waals surface area contributed by atoms with Crippen molar-refractivity contribution in [1.82, 2.24) is 9.97 Å². The third-order valence-corrected chi connectivity index (χ3v) is 3.19. The number of ketones is 1. The molecule has 0 amide bonds. The molecule has 0 bridgehead atoms. The van der Waals surface area contributed by atoms with Crippen molar-refractivity contribution in [3.05, 3.63) is 30.1 Å². The first kappa shape index (κ1) is 10.5. The third-order valence-electron chi connectivity index (χ3n) is 3.19. The fourth-order valence-electron chi connectivity index (χ4n) is 2.28. The molecule has 3 heterocycles. The molecule has 88 valence electrons. The smallest absolute Gasteiger partial charge is 0.193 e. The van der Waals surface area contributed by atoms with Crippen molar-refractivity contribution < 1.29 is 9.53 Å². The predicted molar refractivity (Wildman–Crippen MR) is 64.0 cm³/mol. The van der Waals surface area contributed by atoms with Gasteiger partial charge in [-0.2, -0.15) is 0 Å². The van der Waals surface area contributed by atoms with Crippen molar-refractivity contribution in [3.63, 3.8) is 0 Å². The van der Waals surface area contributed by atoms with Crippen molar-refractivity contribution in [2.24, 2.45) is 0 Å². The van der Waals surface area contributed by atoms with Gasteiger partial charge in [0.05, 0.1) is 0 Å². The van der Waals surface area contributed by atoms with E-state index in [0.717, 1.165) is 30.3 Å². The molecule has 1 unspecified atom stereocenters. The fraction of sp³-hybridized carbons (Fsp3) is 0.385. The number of carbonyl (C=O) groups excluding carboxylic acids is 1. The van der Waals surface area contributed by atoms with Crippen LogP contribution in [0.5, 0.6) is 0 Å². The highest BCUT2D eigenvalue weighted by molar-refractivity contribution is 6.09. The van der Waals surface area contributed by atoms with E-state index in [2.05, 4.69) is 9.97 Å². The van der Waals surface area contributed by atoms with Gasteiger partial charge in [0.1, 0.15) is 11.8 Å². The highest BCUT2D eigenvalue weighted by Gasteiger charge is 2.25. The zero-order chi connectivity index (χ0) is 11.7. The molecule has 1 fully saturated rings. The second kappa shape index (κ2) is 4.30. The number of rotatable bonds is 2. The summed E-state index contributed by atoms with van der Waals surface area (Å²) in [5.41, 5.74) is 1.45. The Morgan fingerprint density at radius 1 is 1.47 bits per heavy atom. The number of pyridine rings is 1. The van der Waals surface area contributed by atoms with E-state index < -0.39 is 0 Å². The van der Waals surface area contributed by atoms with Crippen LogP contribution in [-0.4, -0.2) is 28.5 Å². The van der Waals surface area contributed by atoms with Gasteiger partial charge in [0.25, 0.3) is 0 Å². The zero-order valence-corrected chi connectivity index (χ0v) is 9.48. The molecule has 1 atom stereocenters. The summed E-state index contributed by atoms with van der Waals surface area (Å²) in [6, 6.07) is 3.75. The molecule has 2 aromatic heterocycles. The molecule has 1 saturated heterocycles. The second-order valence-corrected chi connectivity index (χ2v) is 4.32. The minimum absolute atomic E-state index is 0.0731. The quantitative estimate of drug-likeness (QED) is 0.805. The van der Waals surface area contributed by atoms with E-state index in [9.17, 15) is 4.79 Å². The van der Waals surface area contributed by atoms with Crippen molar-refractivity contribution in [2.75, 3.05) is 6.61 Å². The summed E-state index contributed by atoms with van der Waals surface area (Å²) in [6.45, 7) is 0.691. The molecule has 0 aromatic carbocycles. The van der Waals surface area contributed by atoms with Gasteiger partial charge in [-0.05, 0) is 31.4 Å². The number of H-pyrrole nitrogens is 1. The van der Waals surface area contributed by atoms with E-state index in [4.69, 9.17) is 4.74 Å². The predicted octanol–water partition coefficient (Wildman–Crippen LogP) is 2.31. The van der Waals surface area contributed by atoms with Crippen LogP contribution in [0.3, 0.4) is 0 Å². The topological polar surface area (TPSA) is 55.0 Å². The van der Waals surface area contributed by atoms with E-state index in [1.807, 2.05) is 12.1 Å². The van der Waals surface area contributed by atoms with Crippen LogP contribution in [0.25, 0.3) is 11.0 Å². The highest BCUT2D eigenvalue weighted by atomic mass is 16.5. The lowest BCUT2D eigenvalue weighted by atomic mass is 10.00. The summed E-state index contributed by atoms with van der Waals surface area (Å²) in [4.78, 5) is 19.5. The molecule has 2 aromatic rings. The van der Waals surface area contributed by atoms with Crippen molar-refractivity contribution in [3.8, 4) is 0 Å². The average Bonchev–Trinajstić information content (AvgIpc) is 2.83. The number of Topliss-reactive ketones (excluding diaryl/α,β-unsaturated/α-hetero) is 1. The molecule has 1 aliphatic heterocycles. The Kier molecular flexibility index (Phi) is 2.65. The number of carbonyl (C=O) groups is 1. The van der Waals surface area contributed by atoms with Gasteiger partial charge in [-0.15, -0.1) is 0 Å². The van der Waals surface area contributed by atoms with E-state index in [1.165, 1.54) is 0 Å². The molecule has 0 aliphatic carbocycles. The van der Waals surface area contributed by atoms with Crippen LogP contribution >= 0.6 is 0 Å². The molecule has 1 aliphatic rings. The van der Waals surface area contributed by atoms with Crippen LogP contribution in [0.15, 0.2) is 24.5 Å². The van der Waals surface area contributed by atoms with Crippen molar-refractivity contribution >= 4 is 16.8 Å². The first-order valence-electron chi connectivity index (χ1n) is 5.94. The van der Waals surface area contributed by atoms with Crippen LogP contribution in [0, 0.1) is 0 Å². The van der Waals surface area contributed by atoms with E-state index in [1.54, 1.807) is 12.4 Å². The first-order chi connectivity index (χ1) is 8.36. The van der Waals surface area contributed by atoms with Crippen molar-refractivity contribution in [1.29, 1.82) is 0 Å². The molecule has 0 radical (unpaired) electrons. The largest absolute Gasteiger partial charge is 0.370 e. The number of hydrogen-bond acceptors (Lipinski definition) is 3. The Morgan fingerprint density at radius 3 is 3.24 bits per heavy atom. The number of ether oxygens (including phenoxy) is 1. The SMILES string of the molecule is O=C(c1c[nH]c2ncccc12)C1CCCCO1. The second-order valence-electron chi connectivity index (χ2n) is 4.32. The summed E-state index contributed by atoms with van der Waals surface area (Å²) >= 11 is 0. The number of nitrogens with zero attached hydrogens (tertiary/aromatic N) is 1. The minimum Gasteiger partial charge on any atom is -0.370 e. The molecule has 0 saturated carbocycles. The molecular weight excluding hydrogens is 216 g/mol. The van der Waals surface area contributed by atoms with Gasteiger partial charge in [0.2, 0.25) is 0 Å². The molecule has 3 rings (SSSR count). The number of aromatic nitrogens is 2. The van der Waals surface area contributed by atoms with Crippen LogP contribution in [0.2, 0.25) is 0 Å². The first-order valence-corrected chi connectivity index (χ1v) is 5.94. The fourth-order valence-corrected chi connectivity index (χ4v) is 2.28. The van der Waals surface area contributed by atoms with Crippen LogP contribution in [-0.2, 0) is 4.74 Å². The molecule has 4 heteroatoms. The van der Waals surface area contributed by atoms with E-state index >= 15 is 0 Å². The monoisotopic (exact) mass is 230 g/mol. The highest BCUT2D eigenvalue weighted by Crippen LogP contribution is 2.22. The Labute approximate surface area is 99.0 Å². The van der Waals surface area contributed by atoms with Crippen LogP contribution in [0.1, 0.15) is 29.6 Å². The summed E-state index contributed by atoms with van der Waals surface area (Å²) in [7, 11) is 0. The number of aromatic amines is 1. The van der Waals surface area contributed by atoms with Gasteiger partial charge in [0, 0.05) is 30.0 Å². The lowest BCUT2D eigenvalue weighted by Crippen LogP contribution is -2.28. The Morgan fingerprint density at radius 2 is 2.41 bits per heavy atom. The lowest BCUT2D eigenvalue weighted by molar-refractivity contribution is 0.0188. The molecule has 17 heavy (non-hydrogen) atoms. The Hall–Kier alpha value is -1.68. The minimum atomic E-state index is -0.275. The summed E-state index contributed by atoms with van der Waals surface area (Å²) in [5, 5.41) is 0.881. The number of nitrogens with one attached hydrogen (secondary N) is 1. The molecule has 0 spiro atoms.